The molecule has 0 aliphatic carbocycles. The Kier molecular flexibility index (Phi) is 6.00. The Balaban J connectivity index is 2.73. The van der Waals surface area contributed by atoms with Gasteiger partial charge in [-0.3, -0.25) is 4.79 Å². The number of amides is 1. The molecule has 0 saturated heterocycles. The SMILES string of the molecule is CCC(C)(C)C(C=C(C)C)CNC(=O)c1ccccc1. The molecule has 1 unspecified atom stereocenters. The zero-order valence-corrected chi connectivity index (χ0v) is 13.4. The molecule has 1 amide bonds. The highest BCUT2D eigenvalue weighted by Gasteiger charge is 2.26. The van der Waals surface area contributed by atoms with E-state index in [1.807, 2.05) is 30.3 Å². The van der Waals surface area contributed by atoms with Crippen molar-refractivity contribution in [3.8, 4) is 0 Å². The van der Waals surface area contributed by atoms with Gasteiger partial charge in [-0.1, -0.05) is 57.0 Å². The average molecular weight is 273 g/mol. The first-order chi connectivity index (χ1) is 9.36. The summed E-state index contributed by atoms with van der Waals surface area (Å²) in [5.41, 5.74) is 2.20. The van der Waals surface area contributed by atoms with Crippen LogP contribution in [0.15, 0.2) is 42.0 Å². The van der Waals surface area contributed by atoms with Crippen molar-refractivity contribution in [1.29, 1.82) is 0 Å². The molecule has 1 atom stereocenters. The molecule has 0 aliphatic rings. The number of hydrogen-bond acceptors (Lipinski definition) is 1. The van der Waals surface area contributed by atoms with Gasteiger partial charge in [0.05, 0.1) is 0 Å². The number of nitrogens with one attached hydrogen (secondary N) is 1. The van der Waals surface area contributed by atoms with E-state index >= 15 is 0 Å². The van der Waals surface area contributed by atoms with E-state index in [0.29, 0.717) is 12.5 Å². The van der Waals surface area contributed by atoms with Crippen molar-refractivity contribution in [2.24, 2.45) is 11.3 Å². The minimum atomic E-state index is 0.00431. The van der Waals surface area contributed by atoms with Crippen molar-refractivity contribution in [2.45, 2.75) is 41.0 Å². The number of carbonyl (C=O) groups excluding carboxylic acids is 1. The van der Waals surface area contributed by atoms with Gasteiger partial charge in [0.2, 0.25) is 0 Å². The first kappa shape index (κ1) is 16.5. The molecule has 1 N–H and O–H groups in total. The second-order valence-corrected chi connectivity index (χ2v) is 6.27. The predicted octanol–water partition coefficient (Wildman–Crippen LogP) is 4.44. The molecule has 20 heavy (non-hydrogen) atoms. The Bertz CT molecular complexity index is 456. The second kappa shape index (κ2) is 7.28. The molecule has 0 aliphatic heterocycles. The summed E-state index contributed by atoms with van der Waals surface area (Å²) in [6, 6.07) is 9.38. The summed E-state index contributed by atoms with van der Waals surface area (Å²) in [6.07, 6.45) is 3.36. The van der Waals surface area contributed by atoms with Crippen LogP contribution in [0.4, 0.5) is 0 Å². The number of allylic oxidation sites excluding steroid dienone is 1. The molecule has 0 radical (unpaired) electrons. The van der Waals surface area contributed by atoms with E-state index in [4.69, 9.17) is 0 Å². The van der Waals surface area contributed by atoms with Gasteiger partial charge in [0, 0.05) is 12.1 Å². The third-order valence-electron chi connectivity index (χ3n) is 3.97. The fraction of sp³-hybridized carbons (Fsp3) is 0.500. The fourth-order valence-corrected chi connectivity index (χ4v) is 2.12. The zero-order valence-electron chi connectivity index (χ0n) is 13.4. The van der Waals surface area contributed by atoms with Crippen molar-refractivity contribution in [3.05, 3.63) is 47.5 Å². The monoisotopic (exact) mass is 273 g/mol. The third-order valence-corrected chi connectivity index (χ3v) is 3.97. The summed E-state index contributed by atoms with van der Waals surface area (Å²) in [5, 5.41) is 3.06. The first-order valence-corrected chi connectivity index (χ1v) is 7.35. The Morgan fingerprint density at radius 1 is 1.25 bits per heavy atom. The van der Waals surface area contributed by atoms with Gasteiger partial charge in [-0.05, 0) is 37.3 Å². The average Bonchev–Trinajstić information content (AvgIpc) is 2.43. The summed E-state index contributed by atoms with van der Waals surface area (Å²) < 4.78 is 0. The second-order valence-electron chi connectivity index (χ2n) is 6.27. The van der Waals surface area contributed by atoms with Gasteiger partial charge in [0.25, 0.3) is 5.91 Å². The van der Waals surface area contributed by atoms with E-state index in [9.17, 15) is 4.79 Å². The van der Waals surface area contributed by atoms with E-state index in [2.05, 4.69) is 46.0 Å². The quantitative estimate of drug-likeness (QED) is 0.763. The summed E-state index contributed by atoms with van der Waals surface area (Å²) in [6.45, 7) is 11.6. The number of hydrogen-bond donors (Lipinski definition) is 1. The van der Waals surface area contributed by atoms with E-state index < -0.39 is 0 Å². The smallest absolute Gasteiger partial charge is 0.251 e. The van der Waals surface area contributed by atoms with E-state index in [0.717, 1.165) is 12.0 Å². The van der Waals surface area contributed by atoms with E-state index in [1.165, 1.54) is 5.57 Å². The van der Waals surface area contributed by atoms with Gasteiger partial charge in [0.1, 0.15) is 0 Å². The molecule has 0 fully saturated rings. The van der Waals surface area contributed by atoms with Crippen LogP contribution in [-0.2, 0) is 0 Å². The Morgan fingerprint density at radius 2 is 1.85 bits per heavy atom. The van der Waals surface area contributed by atoms with Crippen LogP contribution in [0.1, 0.15) is 51.4 Å². The topological polar surface area (TPSA) is 29.1 Å². The van der Waals surface area contributed by atoms with Gasteiger partial charge in [0.15, 0.2) is 0 Å². The van der Waals surface area contributed by atoms with Crippen LogP contribution in [-0.4, -0.2) is 12.5 Å². The molecule has 1 aromatic rings. The molecular formula is C18H27NO. The highest BCUT2D eigenvalue weighted by molar-refractivity contribution is 5.94. The molecule has 0 saturated carbocycles. The van der Waals surface area contributed by atoms with Crippen LogP contribution in [0.25, 0.3) is 0 Å². The summed E-state index contributed by atoms with van der Waals surface area (Å²) in [7, 11) is 0. The highest BCUT2D eigenvalue weighted by Crippen LogP contribution is 2.31. The van der Waals surface area contributed by atoms with Crippen molar-refractivity contribution >= 4 is 5.91 Å². The molecule has 2 nitrogen and oxygen atoms in total. The third kappa shape index (κ3) is 4.84. The molecule has 0 bridgehead atoms. The largest absolute Gasteiger partial charge is 0.351 e. The van der Waals surface area contributed by atoms with Crippen LogP contribution in [0, 0.1) is 11.3 Å². The molecule has 0 heterocycles. The Morgan fingerprint density at radius 3 is 2.35 bits per heavy atom. The fourth-order valence-electron chi connectivity index (χ4n) is 2.12. The Labute approximate surface area is 123 Å². The lowest BCUT2D eigenvalue weighted by Gasteiger charge is -2.32. The lowest BCUT2D eigenvalue weighted by atomic mass is 9.76. The van der Waals surface area contributed by atoms with Crippen molar-refractivity contribution in [3.63, 3.8) is 0 Å². The summed E-state index contributed by atoms with van der Waals surface area (Å²) in [5.74, 6) is 0.356. The van der Waals surface area contributed by atoms with Crippen molar-refractivity contribution in [1.82, 2.24) is 5.32 Å². The zero-order chi connectivity index (χ0) is 15.2. The lowest BCUT2D eigenvalue weighted by molar-refractivity contribution is 0.0938. The molecule has 1 rings (SSSR count). The van der Waals surface area contributed by atoms with Gasteiger partial charge < -0.3 is 5.32 Å². The maximum Gasteiger partial charge on any atom is 0.251 e. The van der Waals surface area contributed by atoms with Gasteiger partial charge >= 0.3 is 0 Å². The summed E-state index contributed by atoms with van der Waals surface area (Å²) >= 11 is 0. The minimum Gasteiger partial charge on any atom is -0.351 e. The van der Waals surface area contributed by atoms with Crippen LogP contribution < -0.4 is 5.32 Å². The van der Waals surface area contributed by atoms with Crippen molar-refractivity contribution in [2.75, 3.05) is 6.54 Å². The molecule has 2 heteroatoms. The van der Waals surface area contributed by atoms with E-state index in [-0.39, 0.29) is 11.3 Å². The maximum absolute atomic E-state index is 12.1. The van der Waals surface area contributed by atoms with Crippen LogP contribution in [0.3, 0.4) is 0 Å². The van der Waals surface area contributed by atoms with E-state index in [1.54, 1.807) is 0 Å². The molecule has 1 aromatic carbocycles. The van der Waals surface area contributed by atoms with Crippen molar-refractivity contribution < 1.29 is 4.79 Å². The molecule has 0 spiro atoms. The number of benzene rings is 1. The molecule has 110 valence electrons. The predicted molar refractivity (Wildman–Crippen MR) is 85.8 cm³/mol. The van der Waals surface area contributed by atoms with Gasteiger partial charge in [-0.2, -0.15) is 0 Å². The molecule has 0 aromatic heterocycles. The normalized spacial score (nSPS) is 12.7. The Hall–Kier alpha value is -1.57. The highest BCUT2D eigenvalue weighted by atomic mass is 16.1. The standard InChI is InChI=1S/C18H27NO/c1-6-18(4,5)16(12-14(2)3)13-19-17(20)15-10-8-7-9-11-15/h7-12,16H,6,13H2,1-5H3,(H,19,20). The van der Waals surface area contributed by atoms with Gasteiger partial charge in [-0.15, -0.1) is 0 Å². The maximum atomic E-state index is 12.1. The summed E-state index contributed by atoms with van der Waals surface area (Å²) in [4.78, 5) is 12.1. The van der Waals surface area contributed by atoms with Crippen LogP contribution in [0.5, 0.6) is 0 Å². The number of rotatable bonds is 6. The van der Waals surface area contributed by atoms with Crippen LogP contribution in [0.2, 0.25) is 0 Å². The first-order valence-electron chi connectivity index (χ1n) is 7.35. The number of carbonyl (C=O) groups is 1. The van der Waals surface area contributed by atoms with Gasteiger partial charge in [-0.25, -0.2) is 0 Å². The van der Waals surface area contributed by atoms with Crippen LogP contribution >= 0.6 is 0 Å². The minimum absolute atomic E-state index is 0.00431. The molecular weight excluding hydrogens is 246 g/mol. The lowest BCUT2D eigenvalue weighted by Crippen LogP contribution is -2.35.